The van der Waals surface area contributed by atoms with Gasteiger partial charge in [-0.3, -0.25) is 4.79 Å². The average molecular weight is 297 g/mol. The van der Waals surface area contributed by atoms with Gasteiger partial charge in [0.1, 0.15) is 0 Å². The molecule has 0 aromatic rings. The van der Waals surface area contributed by atoms with Crippen molar-refractivity contribution < 1.29 is 14.7 Å². The quantitative estimate of drug-likeness (QED) is 0.853. The van der Waals surface area contributed by atoms with E-state index < -0.39 is 5.97 Å². The zero-order chi connectivity index (χ0) is 15.4. The summed E-state index contributed by atoms with van der Waals surface area (Å²) < 4.78 is 0. The second-order valence-corrected chi connectivity index (χ2v) is 6.41. The Morgan fingerprint density at radius 3 is 2.57 bits per heavy atom. The zero-order valence-corrected chi connectivity index (χ0v) is 13.1. The van der Waals surface area contributed by atoms with Crippen molar-refractivity contribution in [3.63, 3.8) is 0 Å². The molecule has 6 heteroatoms. The predicted molar refractivity (Wildman–Crippen MR) is 80.3 cm³/mol. The number of nitrogens with zero attached hydrogens (tertiary/aromatic N) is 3. The number of carbonyl (C=O) groups excluding carboxylic acids is 1. The number of carbonyl (C=O) groups is 2. The Morgan fingerprint density at radius 2 is 1.95 bits per heavy atom. The average Bonchev–Trinajstić information content (AvgIpc) is 2.94. The molecule has 6 nitrogen and oxygen atoms in total. The molecule has 0 bridgehead atoms. The topological polar surface area (TPSA) is 64.1 Å². The van der Waals surface area contributed by atoms with E-state index in [-0.39, 0.29) is 18.5 Å². The van der Waals surface area contributed by atoms with Crippen LogP contribution in [0.3, 0.4) is 0 Å². The minimum atomic E-state index is -0.776. The number of carboxylic acids is 1. The summed E-state index contributed by atoms with van der Waals surface area (Å²) in [5, 5.41) is 8.86. The summed E-state index contributed by atoms with van der Waals surface area (Å²) in [6, 6.07) is 0.645. The van der Waals surface area contributed by atoms with Crippen molar-refractivity contribution >= 4 is 12.0 Å². The third-order valence-electron chi connectivity index (χ3n) is 4.73. The van der Waals surface area contributed by atoms with Crippen LogP contribution in [-0.4, -0.2) is 77.6 Å². The molecule has 21 heavy (non-hydrogen) atoms. The molecule has 2 aliphatic heterocycles. The molecular weight excluding hydrogens is 270 g/mol. The van der Waals surface area contributed by atoms with Gasteiger partial charge in [-0.05, 0) is 46.2 Å². The van der Waals surface area contributed by atoms with Gasteiger partial charge in [0, 0.05) is 38.1 Å². The van der Waals surface area contributed by atoms with E-state index in [0.29, 0.717) is 12.5 Å². The maximum absolute atomic E-state index is 12.7. The van der Waals surface area contributed by atoms with Crippen LogP contribution in [0, 0.1) is 0 Å². The van der Waals surface area contributed by atoms with Gasteiger partial charge in [-0.1, -0.05) is 0 Å². The molecule has 2 amide bonds. The molecule has 0 aliphatic carbocycles. The van der Waals surface area contributed by atoms with Gasteiger partial charge in [0.25, 0.3) is 0 Å². The van der Waals surface area contributed by atoms with Crippen LogP contribution in [0.1, 0.15) is 38.5 Å². The molecule has 2 unspecified atom stereocenters. The van der Waals surface area contributed by atoms with E-state index >= 15 is 0 Å². The molecule has 2 atom stereocenters. The highest BCUT2D eigenvalue weighted by molar-refractivity contribution is 5.75. The third-order valence-corrected chi connectivity index (χ3v) is 4.73. The fraction of sp³-hybridized carbons (Fsp3) is 0.867. The molecule has 2 aliphatic rings. The van der Waals surface area contributed by atoms with Gasteiger partial charge in [-0.2, -0.15) is 0 Å². The van der Waals surface area contributed by atoms with Crippen LogP contribution >= 0.6 is 0 Å². The van der Waals surface area contributed by atoms with Crippen molar-refractivity contribution in [1.29, 1.82) is 0 Å². The van der Waals surface area contributed by atoms with Crippen molar-refractivity contribution in [2.75, 3.05) is 33.7 Å². The number of likely N-dealkylation sites (tertiary alicyclic amines) is 2. The summed E-state index contributed by atoms with van der Waals surface area (Å²) in [6.07, 6.45) is 4.80. The first-order valence-electron chi connectivity index (χ1n) is 7.93. The number of rotatable bonds is 4. The van der Waals surface area contributed by atoms with Crippen molar-refractivity contribution in [3.8, 4) is 0 Å². The van der Waals surface area contributed by atoms with E-state index in [2.05, 4.69) is 19.0 Å². The maximum atomic E-state index is 12.7. The Bertz CT molecular complexity index is 386. The maximum Gasteiger partial charge on any atom is 0.320 e. The van der Waals surface area contributed by atoms with Crippen LogP contribution in [0.4, 0.5) is 4.79 Å². The van der Waals surface area contributed by atoms with Gasteiger partial charge in [0.2, 0.25) is 0 Å². The van der Waals surface area contributed by atoms with Gasteiger partial charge in [-0.25, -0.2) is 4.79 Å². The number of hydrogen-bond donors (Lipinski definition) is 1. The highest BCUT2D eigenvalue weighted by atomic mass is 16.4. The summed E-state index contributed by atoms with van der Waals surface area (Å²) in [7, 11) is 4.10. The summed E-state index contributed by atoms with van der Waals surface area (Å²) in [4.78, 5) is 29.5. The van der Waals surface area contributed by atoms with E-state index in [9.17, 15) is 9.59 Å². The molecule has 2 rings (SSSR count). The van der Waals surface area contributed by atoms with Crippen molar-refractivity contribution in [3.05, 3.63) is 0 Å². The smallest absolute Gasteiger partial charge is 0.320 e. The van der Waals surface area contributed by atoms with Gasteiger partial charge in [0.05, 0.1) is 0 Å². The van der Waals surface area contributed by atoms with Crippen LogP contribution in [0.15, 0.2) is 0 Å². The Kier molecular flexibility index (Phi) is 5.45. The lowest BCUT2D eigenvalue weighted by Gasteiger charge is -2.38. The molecule has 0 saturated carbocycles. The van der Waals surface area contributed by atoms with E-state index in [1.54, 1.807) is 0 Å². The molecule has 0 spiro atoms. The summed E-state index contributed by atoms with van der Waals surface area (Å²) in [5.41, 5.74) is 0. The van der Waals surface area contributed by atoms with Gasteiger partial charge in [0.15, 0.2) is 0 Å². The molecule has 2 heterocycles. The zero-order valence-electron chi connectivity index (χ0n) is 13.1. The lowest BCUT2D eigenvalue weighted by Crippen LogP contribution is -2.50. The minimum absolute atomic E-state index is 0.0979. The van der Waals surface area contributed by atoms with Crippen molar-refractivity contribution in [2.45, 2.75) is 50.6 Å². The van der Waals surface area contributed by atoms with Crippen LogP contribution in [-0.2, 0) is 4.79 Å². The highest BCUT2D eigenvalue weighted by Crippen LogP contribution is 2.24. The number of likely N-dealkylation sites (N-methyl/N-ethyl adjacent to an activating group) is 1. The molecule has 120 valence electrons. The van der Waals surface area contributed by atoms with Gasteiger partial charge in [-0.15, -0.1) is 0 Å². The van der Waals surface area contributed by atoms with Crippen molar-refractivity contribution in [2.24, 2.45) is 0 Å². The SMILES string of the molecule is CN(C)C1CCN(C(=O)N2CCCCC2CCC(=O)O)C1. The van der Waals surface area contributed by atoms with E-state index in [0.717, 1.165) is 45.3 Å². The van der Waals surface area contributed by atoms with Crippen LogP contribution < -0.4 is 0 Å². The number of piperidine rings is 1. The molecule has 2 saturated heterocycles. The Labute approximate surface area is 126 Å². The fourth-order valence-corrected chi connectivity index (χ4v) is 3.36. The van der Waals surface area contributed by atoms with Crippen LogP contribution in [0.25, 0.3) is 0 Å². The normalized spacial score (nSPS) is 26.4. The summed E-state index contributed by atoms with van der Waals surface area (Å²) >= 11 is 0. The van der Waals surface area contributed by atoms with E-state index in [1.165, 1.54) is 0 Å². The first-order valence-corrected chi connectivity index (χ1v) is 7.93. The molecule has 0 radical (unpaired) electrons. The molecule has 0 aromatic heterocycles. The van der Waals surface area contributed by atoms with E-state index in [1.807, 2.05) is 9.80 Å². The lowest BCUT2D eigenvalue weighted by molar-refractivity contribution is -0.137. The second kappa shape index (κ2) is 7.11. The Hall–Kier alpha value is -1.30. The third kappa shape index (κ3) is 4.09. The largest absolute Gasteiger partial charge is 0.481 e. The molecule has 2 fully saturated rings. The molecular formula is C15H27N3O3. The minimum Gasteiger partial charge on any atom is -0.481 e. The Balaban J connectivity index is 1.94. The first kappa shape index (κ1) is 16.1. The summed E-state index contributed by atoms with van der Waals surface area (Å²) in [5.74, 6) is -0.776. The fourth-order valence-electron chi connectivity index (χ4n) is 3.36. The van der Waals surface area contributed by atoms with Crippen molar-refractivity contribution in [1.82, 2.24) is 14.7 Å². The highest BCUT2D eigenvalue weighted by Gasteiger charge is 2.34. The standard InChI is InChI=1S/C15H27N3O3/c1-16(2)13-8-10-17(11-13)15(21)18-9-4-3-5-12(18)6-7-14(19)20/h12-13H,3-11H2,1-2H3,(H,19,20). The van der Waals surface area contributed by atoms with Crippen LogP contribution in [0.2, 0.25) is 0 Å². The number of urea groups is 1. The number of amides is 2. The Morgan fingerprint density at radius 1 is 1.19 bits per heavy atom. The molecule has 1 N–H and O–H groups in total. The van der Waals surface area contributed by atoms with Crippen LogP contribution in [0.5, 0.6) is 0 Å². The van der Waals surface area contributed by atoms with Gasteiger partial charge < -0.3 is 19.8 Å². The number of hydrogen-bond acceptors (Lipinski definition) is 3. The van der Waals surface area contributed by atoms with E-state index in [4.69, 9.17) is 5.11 Å². The lowest BCUT2D eigenvalue weighted by atomic mass is 9.98. The monoisotopic (exact) mass is 297 g/mol. The predicted octanol–water partition coefficient (Wildman–Crippen LogP) is 1.46. The second-order valence-electron chi connectivity index (χ2n) is 6.41. The summed E-state index contributed by atoms with van der Waals surface area (Å²) in [6.45, 7) is 2.37. The number of aliphatic carboxylic acids is 1. The van der Waals surface area contributed by atoms with Gasteiger partial charge >= 0.3 is 12.0 Å². The first-order chi connectivity index (χ1) is 9.99. The molecule has 0 aromatic carbocycles. The number of carboxylic acid groups (broad SMARTS) is 1.